The van der Waals surface area contributed by atoms with Crippen molar-refractivity contribution in [2.75, 3.05) is 26.2 Å². The van der Waals surface area contributed by atoms with Crippen LogP contribution in [0.3, 0.4) is 0 Å². The highest BCUT2D eigenvalue weighted by Crippen LogP contribution is 2.34. The molecule has 6 nitrogen and oxygen atoms in total. The van der Waals surface area contributed by atoms with Crippen molar-refractivity contribution < 1.29 is 0 Å². The van der Waals surface area contributed by atoms with E-state index in [1.165, 1.54) is 38.5 Å². The summed E-state index contributed by atoms with van der Waals surface area (Å²) >= 11 is 0. The molecule has 0 aliphatic carbocycles. The van der Waals surface area contributed by atoms with Gasteiger partial charge in [-0.05, 0) is 112 Å². The van der Waals surface area contributed by atoms with E-state index in [0.717, 1.165) is 71.0 Å². The lowest BCUT2D eigenvalue weighted by Crippen LogP contribution is -2.27. The second kappa shape index (κ2) is 11.5. The minimum absolute atomic E-state index is 0.349. The summed E-state index contributed by atoms with van der Waals surface area (Å²) in [6.45, 7) is 18.5. The van der Waals surface area contributed by atoms with Crippen molar-refractivity contribution in [1.29, 1.82) is 0 Å². The predicted octanol–water partition coefficient (Wildman–Crippen LogP) is 7.99. The van der Waals surface area contributed by atoms with Gasteiger partial charge in [-0.1, -0.05) is 53.4 Å². The third-order valence-corrected chi connectivity index (χ3v) is 9.01. The Balaban J connectivity index is 1.16. The largest absolute Gasteiger partial charge is 0.341 e. The van der Waals surface area contributed by atoms with Gasteiger partial charge in [-0.2, -0.15) is 0 Å². The van der Waals surface area contributed by atoms with Gasteiger partial charge in [0.25, 0.3) is 0 Å². The highest BCUT2D eigenvalue weighted by molar-refractivity contribution is 5.78. The smallest absolute Gasteiger partial charge is 0.124 e. The molecule has 0 saturated carbocycles. The number of likely N-dealkylation sites (tertiary alicyclic amines) is 2. The fraction of sp³-hybridized carbons (Fsp3) is 0.556. The number of nitrogens with zero attached hydrogens (tertiary/aromatic N) is 4. The molecule has 2 aromatic heterocycles. The molecule has 0 radical (unpaired) electrons. The number of nitrogens with one attached hydrogen (secondary N) is 2. The van der Waals surface area contributed by atoms with Crippen molar-refractivity contribution in [3.63, 3.8) is 0 Å². The Morgan fingerprint density at radius 1 is 0.690 bits per heavy atom. The Morgan fingerprint density at radius 2 is 1.12 bits per heavy atom. The Bertz CT molecular complexity index is 1480. The molecule has 2 aliphatic rings. The summed E-state index contributed by atoms with van der Waals surface area (Å²) < 4.78 is 0. The first-order chi connectivity index (χ1) is 20.0. The van der Waals surface area contributed by atoms with E-state index in [0.29, 0.717) is 22.9 Å². The van der Waals surface area contributed by atoms with Gasteiger partial charge in [0, 0.05) is 11.1 Å². The second-order valence-corrected chi connectivity index (χ2v) is 15.0. The third kappa shape index (κ3) is 6.74. The van der Waals surface area contributed by atoms with Gasteiger partial charge in [0.1, 0.15) is 11.6 Å². The van der Waals surface area contributed by atoms with Gasteiger partial charge in [-0.25, -0.2) is 9.97 Å². The van der Waals surface area contributed by atoms with Gasteiger partial charge in [-0.3, -0.25) is 9.80 Å². The number of imidazole rings is 2. The highest BCUT2D eigenvalue weighted by Gasteiger charge is 2.30. The second-order valence-electron chi connectivity index (χ2n) is 15.0. The van der Waals surface area contributed by atoms with Crippen LogP contribution < -0.4 is 0 Å². The zero-order valence-electron chi connectivity index (χ0n) is 26.5. The lowest BCUT2D eigenvalue weighted by molar-refractivity contribution is 0.210. The third-order valence-electron chi connectivity index (χ3n) is 9.01. The van der Waals surface area contributed by atoms with Crippen LogP contribution in [-0.4, -0.2) is 55.9 Å². The summed E-state index contributed by atoms with van der Waals surface area (Å²) in [5, 5.41) is 0. The fourth-order valence-electron chi connectivity index (χ4n) is 6.43. The molecule has 0 amide bonds. The first kappa shape index (κ1) is 29.0. The summed E-state index contributed by atoms with van der Waals surface area (Å²) in [5.74, 6) is 8.96. The fourth-order valence-corrected chi connectivity index (χ4v) is 6.43. The molecule has 2 aliphatic heterocycles. The van der Waals surface area contributed by atoms with Gasteiger partial charge >= 0.3 is 0 Å². The molecule has 0 spiro atoms. The molecule has 222 valence electrons. The summed E-state index contributed by atoms with van der Waals surface area (Å²) in [5.41, 5.74) is 6.85. The number of hydrogen-bond donors (Lipinski definition) is 2. The standard InChI is InChI=1S/C36H48N6/c1-35(2,3)17-21-41-19-7-9-31(41)33-37-27-15-13-25(23-29(27)39-33)11-12-26-14-16-28-30(24-26)40-34(38-28)32-10-8-20-42(32)22-18-36(4,5)6/h13-16,23-24,31-32H,7-10,17-22H2,1-6H3,(H,37,39)(H,38,40)/t31-,32?/m0/s1. The average Bonchev–Trinajstić information content (AvgIpc) is 3.73. The van der Waals surface area contributed by atoms with Gasteiger partial charge in [0.05, 0.1) is 34.2 Å². The van der Waals surface area contributed by atoms with Crippen LogP contribution in [0.5, 0.6) is 0 Å². The minimum atomic E-state index is 0.349. The van der Waals surface area contributed by atoms with Crippen molar-refractivity contribution in [2.24, 2.45) is 10.8 Å². The lowest BCUT2D eigenvalue weighted by Gasteiger charge is -2.27. The van der Waals surface area contributed by atoms with E-state index in [1.54, 1.807) is 0 Å². The number of rotatable bonds is 6. The molecule has 0 bridgehead atoms. The van der Waals surface area contributed by atoms with E-state index in [2.05, 4.69) is 110 Å². The van der Waals surface area contributed by atoms with E-state index < -0.39 is 0 Å². The first-order valence-corrected chi connectivity index (χ1v) is 16.0. The number of H-pyrrole nitrogens is 2. The zero-order chi connectivity index (χ0) is 29.5. The summed E-state index contributed by atoms with van der Waals surface area (Å²) in [7, 11) is 0. The van der Waals surface area contributed by atoms with Crippen molar-refractivity contribution >= 4 is 22.1 Å². The zero-order valence-corrected chi connectivity index (χ0v) is 26.5. The van der Waals surface area contributed by atoms with Crippen molar-refractivity contribution in [1.82, 2.24) is 29.7 Å². The molecule has 4 heterocycles. The van der Waals surface area contributed by atoms with Crippen LogP contribution in [0.4, 0.5) is 0 Å². The summed E-state index contributed by atoms with van der Waals surface area (Å²) in [6, 6.07) is 13.5. The Labute approximate surface area is 251 Å². The van der Waals surface area contributed by atoms with Crippen LogP contribution in [0.25, 0.3) is 22.1 Å². The van der Waals surface area contributed by atoms with Gasteiger partial charge in [0.2, 0.25) is 0 Å². The maximum atomic E-state index is 5.04. The maximum absolute atomic E-state index is 5.04. The van der Waals surface area contributed by atoms with Crippen LogP contribution in [0, 0.1) is 22.7 Å². The molecule has 1 unspecified atom stereocenters. The van der Waals surface area contributed by atoms with Crippen LogP contribution in [0.1, 0.15) is 115 Å². The Kier molecular flexibility index (Phi) is 7.93. The Morgan fingerprint density at radius 3 is 1.52 bits per heavy atom. The van der Waals surface area contributed by atoms with Crippen molar-refractivity contribution in [3.05, 3.63) is 59.2 Å². The van der Waals surface area contributed by atoms with Gasteiger partial charge in [-0.15, -0.1) is 0 Å². The molecule has 2 N–H and O–H groups in total. The van der Waals surface area contributed by atoms with E-state index >= 15 is 0 Å². The quantitative estimate of drug-likeness (QED) is 0.233. The van der Waals surface area contributed by atoms with E-state index in [9.17, 15) is 0 Å². The topological polar surface area (TPSA) is 63.8 Å². The van der Waals surface area contributed by atoms with Gasteiger partial charge in [0.15, 0.2) is 0 Å². The first-order valence-electron chi connectivity index (χ1n) is 16.0. The monoisotopic (exact) mass is 564 g/mol. The highest BCUT2D eigenvalue weighted by atomic mass is 15.2. The molecular weight excluding hydrogens is 516 g/mol. The van der Waals surface area contributed by atoms with E-state index in [4.69, 9.17) is 9.97 Å². The number of aromatic nitrogens is 4. The molecule has 6 rings (SSSR count). The van der Waals surface area contributed by atoms with E-state index in [-0.39, 0.29) is 0 Å². The normalized spacial score (nSPS) is 20.5. The average molecular weight is 565 g/mol. The SMILES string of the molecule is CC(C)(C)CCN1CCCC1c1nc2cc(C#Cc3ccc4[nH]c([C@@H]5CCCN5CCC(C)(C)C)nc4c3)ccc2[nH]1. The van der Waals surface area contributed by atoms with Crippen LogP contribution in [0.15, 0.2) is 36.4 Å². The van der Waals surface area contributed by atoms with Gasteiger partial charge < -0.3 is 9.97 Å². The molecule has 4 aromatic rings. The van der Waals surface area contributed by atoms with Crippen molar-refractivity contribution in [2.45, 2.75) is 92.2 Å². The Hall–Kier alpha value is -3.14. The number of hydrogen-bond acceptors (Lipinski definition) is 4. The molecule has 42 heavy (non-hydrogen) atoms. The van der Waals surface area contributed by atoms with Crippen LogP contribution in [0.2, 0.25) is 0 Å². The van der Waals surface area contributed by atoms with Crippen LogP contribution in [-0.2, 0) is 0 Å². The molecule has 6 heteroatoms. The minimum Gasteiger partial charge on any atom is -0.341 e. The van der Waals surface area contributed by atoms with Crippen molar-refractivity contribution in [3.8, 4) is 11.8 Å². The number of benzene rings is 2. The maximum Gasteiger partial charge on any atom is 0.124 e. The summed E-state index contributed by atoms with van der Waals surface area (Å²) in [6.07, 6.45) is 7.21. The summed E-state index contributed by atoms with van der Waals surface area (Å²) in [4.78, 5) is 22.5. The molecule has 2 saturated heterocycles. The number of fused-ring (bicyclic) bond motifs is 2. The number of aromatic amines is 2. The molecule has 2 aromatic carbocycles. The van der Waals surface area contributed by atoms with Crippen LogP contribution >= 0.6 is 0 Å². The molecule has 2 atom stereocenters. The molecule has 2 fully saturated rings. The predicted molar refractivity (Wildman–Crippen MR) is 173 cm³/mol. The molecular formula is C36H48N6. The van der Waals surface area contributed by atoms with E-state index in [1.807, 2.05) is 0 Å². The lowest BCUT2D eigenvalue weighted by atomic mass is 9.92.